The number of morpholine rings is 1. The van der Waals surface area contributed by atoms with Gasteiger partial charge in [0.25, 0.3) is 0 Å². The van der Waals surface area contributed by atoms with Crippen LogP contribution in [0.15, 0.2) is 18.2 Å². The van der Waals surface area contributed by atoms with Crippen molar-refractivity contribution in [1.82, 2.24) is 10.3 Å². The maximum Gasteiger partial charge on any atom is 0.123 e. The standard InChI is InChI=1S/C13H20FN3O/c1-9-3-4-10(14)7-11(9)13(16-15)12-8-17(2)5-6-18-12/h3-4,7,12-13,16H,5-6,8,15H2,1-2H3. The number of likely N-dealkylation sites (N-methyl/N-ethyl adjacent to an activating group) is 1. The molecule has 0 amide bonds. The molecule has 2 atom stereocenters. The van der Waals surface area contributed by atoms with Crippen molar-refractivity contribution in [3.63, 3.8) is 0 Å². The molecule has 1 heterocycles. The number of benzene rings is 1. The van der Waals surface area contributed by atoms with Gasteiger partial charge in [0.1, 0.15) is 5.82 Å². The summed E-state index contributed by atoms with van der Waals surface area (Å²) in [6, 6.07) is 4.56. The number of nitrogens with two attached hydrogens (primary N) is 1. The molecule has 1 aromatic rings. The monoisotopic (exact) mass is 253 g/mol. The van der Waals surface area contributed by atoms with Crippen LogP contribution in [0.3, 0.4) is 0 Å². The van der Waals surface area contributed by atoms with Gasteiger partial charge in [0.05, 0.1) is 18.8 Å². The van der Waals surface area contributed by atoms with Crippen molar-refractivity contribution in [1.29, 1.82) is 0 Å². The van der Waals surface area contributed by atoms with E-state index in [1.54, 1.807) is 6.07 Å². The normalized spacial score (nSPS) is 23.0. The number of aryl methyl sites for hydroxylation is 1. The first-order valence-electron chi connectivity index (χ1n) is 6.14. The van der Waals surface area contributed by atoms with E-state index in [4.69, 9.17) is 10.6 Å². The van der Waals surface area contributed by atoms with E-state index in [0.29, 0.717) is 6.61 Å². The summed E-state index contributed by atoms with van der Waals surface area (Å²) in [7, 11) is 2.04. The van der Waals surface area contributed by atoms with Gasteiger partial charge in [0.2, 0.25) is 0 Å². The minimum Gasteiger partial charge on any atom is -0.374 e. The van der Waals surface area contributed by atoms with E-state index in [9.17, 15) is 4.39 Å². The second-order valence-corrected chi connectivity index (χ2v) is 4.82. The van der Waals surface area contributed by atoms with Gasteiger partial charge in [-0.05, 0) is 37.2 Å². The van der Waals surface area contributed by atoms with Crippen molar-refractivity contribution in [3.05, 3.63) is 35.1 Å². The van der Waals surface area contributed by atoms with Gasteiger partial charge in [-0.1, -0.05) is 6.07 Å². The van der Waals surface area contributed by atoms with Crippen LogP contribution in [0.25, 0.3) is 0 Å². The van der Waals surface area contributed by atoms with Crippen LogP contribution >= 0.6 is 0 Å². The third-order valence-electron chi connectivity index (χ3n) is 3.42. The molecule has 5 heteroatoms. The summed E-state index contributed by atoms with van der Waals surface area (Å²) in [5.74, 6) is 5.38. The summed E-state index contributed by atoms with van der Waals surface area (Å²) in [4.78, 5) is 2.19. The number of rotatable bonds is 3. The number of halogens is 1. The molecule has 18 heavy (non-hydrogen) atoms. The van der Waals surface area contributed by atoms with Gasteiger partial charge in [0.15, 0.2) is 0 Å². The van der Waals surface area contributed by atoms with E-state index in [1.807, 2.05) is 14.0 Å². The van der Waals surface area contributed by atoms with Crippen molar-refractivity contribution in [2.24, 2.45) is 5.84 Å². The lowest BCUT2D eigenvalue weighted by molar-refractivity contribution is -0.0394. The zero-order chi connectivity index (χ0) is 13.1. The molecular weight excluding hydrogens is 233 g/mol. The lowest BCUT2D eigenvalue weighted by Gasteiger charge is -2.35. The zero-order valence-corrected chi connectivity index (χ0v) is 10.8. The molecule has 0 saturated carbocycles. The van der Waals surface area contributed by atoms with Crippen molar-refractivity contribution >= 4 is 0 Å². The van der Waals surface area contributed by atoms with Crippen molar-refractivity contribution in [2.75, 3.05) is 26.7 Å². The van der Waals surface area contributed by atoms with Gasteiger partial charge in [-0.25, -0.2) is 4.39 Å². The Morgan fingerprint density at radius 2 is 2.33 bits per heavy atom. The summed E-state index contributed by atoms with van der Waals surface area (Å²) >= 11 is 0. The Kier molecular flexibility index (Phi) is 4.29. The molecule has 100 valence electrons. The maximum atomic E-state index is 13.4. The van der Waals surface area contributed by atoms with Gasteiger partial charge in [-0.15, -0.1) is 0 Å². The maximum absolute atomic E-state index is 13.4. The molecule has 0 radical (unpaired) electrons. The minimum atomic E-state index is -0.250. The first-order valence-corrected chi connectivity index (χ1v) is 6.14. The van der Waals surface area contributed by atoms with E-state index in [1.165, 1.54) is 12.1 Å². The highest BCUT2D eigenvalue weighted by atomic mass is 19.1. The van der Waals surface area contributed by atoms with Gasteiger partial charge < -0.3 is 9.64 Å². The highest BCUT2D eigenvalue weighted by Gasteiger charge is 2.28. The highest BCUT2D eigenvalue weighted by molar-refractivity contribution is 5.30. The number of nitrogens with zero attached hydrogens (tertiary/aromatic N) is 1. The molecule has 3 N–H and O–H groups in total. The number of hydrogen-bond acceptors (Lipinski definition) is 4. The molecular formula is C13H20FN3O. The molecule has 0 bridgehead atoms. The molecule has 2 unspecified atom stereocenters. The molecule has 1 aromatic carbocycles. The van der Waals surface area contributed by atoms with E-state index in [2.05, 4.69) is 10.3 Å². The van der Waals surface area contributed by atoms with E-state index < -0.39 is 0 Å². The Morgan fingerprint density at radius 3 is 3.00 bits per heavy atom. The Balaban J connectivity index is 2.24. The molecule has 1 fully saturated rings. The molecule has 0 aromatic heterocycles. The van der Waals surface area contributed by atoms with Crippen LogP contribution in [0.4, 0.5) is 4.39 Å². The fourth-order valence-corrected chi connectivity index (χ4v) is 2.36. The summed E-state index contributed by atoms with van der Waals surface area (Å²) in [6.45, 7) is 4.32. The van der Waals surface area contributed by atoms with Gasteiger partial charge in [0, 0.05) is 13.1 Å². The van der Waals surface area contributed by atoms with Crippen LogP contribution in [0.5, 0.6) is 0 Å². The minimum absolute atomic E-state index is 0.0609. The molecule has 2 rings (SSSR count). The number of hydrogen-bond donors (Lipinski definition) is 2. The Labute approximate surface area is 107 Å². The largest absolute Gasteiger partial charge is 0.374 e. The number of ether oxygens (including phenoxy) is 1. The third kappa shape index (κ3) is 2.87. The second kappa shape index (κ2) is 5.75. The van der Waals surface area contributed by atoms with Crippen molar-refractivity contribution < 1.29 is 9.13 Å². The molecule has 1 aliphatic rings. The van der Waals surface area contributed by atoms with Crippen LogP contribution in [-0.2, 0) is 4.74 Å². The number of nitrogens with one attached hydrogen (secondary N) is 1. The Bertz CT molecular complexity index is 413. The van der Waals surface area contributed by atoms with E-state index in [0.717, 1.165) is 24.2 Å². The second-order valence-electron chi connectivity index (χ2n) is 4.82. The van der Waals surface area contributed by atoms with Gasteiger partial charge >= 0.3 is 0 Å². The van der Waals surface area contributed by atoms with Gasteiger partial charge in [-0.2, -0.15) is 0 Å². The van der Waals surface area contributed by atoms with E-state index in [-0.39, 0.29) is 18.0 Å². The summed E-state index contributed by atoms with van der Waals surface area (Å²) < 4.78 is 19.1. The average Bonchev–Trinajstić information content (AvgIpc) is 2.35. The van der Waals surface area contributed by atoms with Gasteiger partial charge in [-0.3, -0.25) is 11.3 Å². The van der Waals surface area contributed by atoms with Crippen LogP contribution in [0.1, 0.15) is 17.2 Å². The predicted octanol–water partition coefficient (Wildman–Crippen LogP) is 0.969. The smallest absolute Gasteiger partial charge is 0.123 e. The highest BCUT2D eigenvalue weighted by Crippen LogP contribution is 2.25. The number of hydrazine groups is 1. The topological polar surface area (TPSA) is 50.5 Å². The van der Waals surface area contributed by atoms with Crippen LogP contribution in [0.2, 0.25) is 0 Å². The zero-order valence-electron chi connectivity index (χ0n) is 10.8. The predicted molar refractivity (Wildman–Crippen MR) is 68.4 cm³/mol. The third-order valence-corrected chi connectivity index (χ3v) is 3.42. The molecule has 0 spiro atoms. The SMILES string of the molecule is Cc1ccc(F)cc1C(NN)C1CN(C)CCO1. The lowest BCUT2D eigenvalue weighted by atomic mass is 9.96. The van der Waals surface area contributed by atoms with Crippen LogP contribution in [-0.4, -0.2) is 37.7 Å². The Morgan fingerprint density at radius 1 is 1.56 bits per heavy atom. The molecule has 0 aliphatic carbocycles. The van der Waals surface area contributed by atoms with Crippen molar-refractivity contribution in [2.45, 2.75) is 19.1 Å². The quantitative estimate of drug-likeness (QED) is 0.622. The van der Waals surface area contributed by atoms with Crippen LogP contribution < -0.4 is 11.3 Å². The first kappa shape index (κ1) is 13.4. The van der Waals surface area contributed by atoms with Crippen LogP contribution in [0, 0.1) is 12.7 Å². The Hall–Kier alpha value is -1.01. The molecule has 1 saturated heterocycles. The summed E-state index contributed by atoms with van der Waals surface area (Å²) in [5.41, 5.74) is 4.63. The average molecular weight is 253 g/mol. The molecule has 4 nitrogen and oxygen atoms in total. The fraction of sp³-hybridized carbons (Fsp3) is 0.538. The summed E-state index contributed by atoms with van der Waals surface area (Å²) in [5, 5.41) is 0. The van der Waals surface area contributed by atoms with E-state index >= 15 is 0 Å². The summed E-state index contributed by atoms with van der Waals surface area (Å²) in [6.07, 6.45) is -0.0609. The lowest BCUT2D eigenvalue weighted by Crippen LogP contribution is -2.48. The first-order chi connectivity index (χ1) is 8.61. The van der Waals surface area contributed by atoms with Crippen molar-refractivity contribution in [3.8, 4) is 0 Å². The molecule has 1 aliphatic heterocycles. The fourth-order valence-electron chi connectivity index (χ4n) is 2.36.